The molecule has 0 unspecified atom stereocenters. The number of nitrogens with zero attached hydrogens (tertiary/aromatic N) is 4. The number of ether oxygens (including phenoxy) is 2. The Morgan fingerprint density at radius 2 is 2.29 bits per heavy atom. The van der Waals surface area contributed by atoms with Gasteiger partial charge in [-0.1, -0.05) is 0 Å². The molecule has 1 aliphatic heterocycles. The molecule has 0 aromatic carbocycles. The van der Waals surface area contributed by atoms with Crippen LogP contribution < -0.4 is 0 Å². The first-order chi connectivity index (χ1) is 10.1. The van der Waals surface area contributed by atoms with Crippen molar-refractivity contribution in [1.29, 1.82) is 0 Å². The maximum Gasteiger partial charge on any atom is 0.155 e. The Morgan fingerprint density at radius 1 is 1.43 bits per heavy atom. The van der Waals surface area contributed by atoms with Crippen molar-refractivity contribution in [1.82, 2.24) is 19.3 Å². The van der Waals surface area contributed by atoms with E-state index in [-0.39, 0.29) is 11.7 Å². The lowest BCUT2D eigenvalue weighted by atomic mass is 10.1. The van der Waals surface area contributed by atoms with Gasteiger partial charge in [-0.25, -0.2) is 4.98 Å². The molecule has 6 heteroatoms. The minimum Gasteiger partial charge on any atom is -0.382 e. The van der Waals surface area contributed by atoms with Crippen LogP contribution in [0, 0.1) is 0 Å². The molecule has 3 heterocycles. The van der Waals surface area contributed by atoms with E-state index in [2.05, 4.69) is 33.1 Å². The second-order valence-corrected chi connectivity index (χ2v) is 6.18. The molecule has 2 aromatic rings. The lowest BCUT2D eigenvalue weighted by Crippen LogP contribution is -2.53. The third kappa shape index (κ3) is 3.23. The predicted octanol–water partition coefficient (Wildman–Crippen LogP) is 1.36. The average Bonchev–Trinajstić information content (AvgIpc) is 2.81. The third-order valence-corrected chi connectivity index (χ3v) is 3.68. The Balaban J connectivity index is 1.77. The quantitative estimate of drug-likeness (QED) is 0.851. The van der Waals surface area contributed by atoms with Crippen LogP contribution in [0.1, 0.15) is 19.5 Å². The van der Waals surface area contributed by atoms with E-state index < -0.39 is 0 Å². The second-order valence-electron chi connectivity index (χ2n) is 6.18. The van der Waals surface area contributed by atoms with Gasteiger partial charge in [-0.05, 0) is 13.8 Å². The number of methoxy groups -OCH3 is 1. The molecule has 0 aliphatic carbocycles. The molecule has 2 aromatic heterocycles. The molecule has 0 bridgehead atoms. The number of fused-ring (bicyclic) bond motifs is 1. The van der Waals surface area contributed by atoms with Gasteiger partial charge in [0.25, 0.3) is 0 Å². The van der Waals surface area contributed by atoms with Gasteiger partial charge in [-0.2, -0.15) is 0 Å². The van der Waals surface area contributed by atoms with E-state index in [1.54, 1.807) is 19.5 Å². The van der Waals surface area contributed by atoms with Crippen molar-refractivity contribution >= 4 is 5.65 Å². The van der Waals surface area contributed by atoms with Crippen molar-refractivity contribution in [2.24, 2.45) is 0 Å². The van der Waals surface area contributed by atoms with Gasteiger partial charge in [0.05, 0.1) is 36.4 Å². The number of morpholine rings is 1. The topological polar surface area (TPSA) is 51.9 Å². The highest BCUT2D eigenvalue weighted by molar-refractivity contribution is 5.36. The molecule has 0 saturated carbocycles. The molecule has 114 valence electrons. The third-order valence-electron chi connectivity index (χ3n) is 3.68. The van der Waals surface area contributed by atoms with Crippen molar-refractivity contribution in [2.75, 3.05) is 26.8 Å². The lowest BCUT2D eigenvalue weighted by Gasteiger charge is -2.42. The van der Waals surface area contributed by atoms with E-state index in [0.29, 0.717) is 6.61 Å². The van der Waals surface area contributed by atoms with Crippen molar-refractivity contribution in [3.63, 3.8) is 0 Å². The van der Waals surface area contributed by atoms with Gasteiger partial charge in [-0.3, -0.25) is 14.3 Å². The molecule has 3 rings (SSSR count). The summed E-state index contributed by atoms with van der Waals surface area (Å²) in [6, 6.07) is 0. The molecular formula is C15H22N4O2. The molecule has 1 saturated heterocycles. The Kier molecular flexibility index (Phi) is 3.93. The molecule has 1 aliphatic rings. The lowest BCUT2D eigenvalue weighted by molar-refractivity contribution is -0.154. The summed E-state index contributed by atoms with van der Waals surface area (Å²) in [5, 5.41) is 0. The monoisotopic (exact) mass is 290 g/mol. The van der Waals surface area contributed by atoms with Crippen LogP contribution in [0.15, 0.2) is 24.8 Å². The molecule has 21 heavy (non-hydrogen) atoms. The number of rotatable bonds is 4. The van der Waals surface area contributed by atoms with E-state index in [9.17, 15) is 0 Å². The van der Waals surface area contributed by atoms with Crippen LogP contribution in [0.3, 0.4) is 0 Å². The van der Waals surface area contributed by atoms with Crippen molar-refractivity contribution in [3.8, 4) is 0 Å². The SMILES string of the molecule is COC[C@H]1CN(Cc2cnc3cnccn23)CC(C)(C)O1. The van der Waals surface area contributed by atoms with Crippen molar-refractivity contribution in [3.05, 3.63) is 30.5 Å². The molecule has 1 atom stereocenters. The summed E-state index contributed by atoms with van der Waals surface area (Å²) < 4.78 is 13.4. The first kappa shape index (κ1) is 14.4. The summed E-state index contributed by atoms with van der Waals surface area (Å²) >= 11 is 0. The minimum atomic E-state index is -0.163. The van der Waals surface area contributed by atoms with Gasteiger partial charge < -0.3 is 9.47 Å². The Labute approximate surface area is 124 Å². The first-order valence-electron chi connectivity index (χ1n) is 7.22. The highest BCUT2D eigenvalue weighted by Crippen LogP contribution is 2.22. The van der Waals surface area contributed by atoms with Gasteiger partial charge in [-0.15, -0.1) is 0 Å². The van der Waals surface area contributed by atoms with Crippen LogP contribution in [0.25, 0.3) is 5.65 Å². The number of hydrogen-bond acceptors (Lipinski definition) is 5. The van der Waals surface area contributed by atoms with E-state index in [4.69, 9.17) is 9.47 Å². The van der Waals surface area contributed by atoms with E-state index >= 15 is 0 Å². The van der Waals surface area contributed by atoms with Gasteiger partial charge in [0, 0.05) is 39.1 Å². The zero-order chi connectivity index (χ0) is 14.9. The summed E-state index contributed by atoms with van der Waals surface area (Å²) in [5.74, 6) is 0. The number of imidazole rings is 1. The summed E-state index contributed by atoms with van der Waals surface area (Å²) in [4.78, 5) is 10.9. The fraction of sp³-hybridized carbons (Fsp3) is 0.600. The maximum absolute atomic E-state index is 6.05. The molecule has 0 amide bonds. The van der Waals surface area contributed by atoms with Crippen molar-refractivity contribution in [2.45, 2.75) is 32.1 Å². The highest BCUT2D eigenvalue weighted by Gasteiger charge is 2.33. The van der Waals surface area contributed by atoms with E-state index in [1.807, 2.05) is 12.4 Å². The van der Waals surface area contributed by atoms with E-state index in [1.165, 1.54) is 5.69 Å². The molecule has 0 spiro atoms. The van der Waals surface area contributed by atoms with Crippen LogP contribution in [0.5, 0.6) is 0 Å². The van der Waals surface area contributed by atoms with E-state index in [0.717, 1.165) is 25.3 Å². The van der Waals surface area contributed by atoms with Gasteiger partial charge in [0.15, 0.2) is 5.65 Å². The normalized spacial score (nSPS) is 22.7. The summed E-state index contributed by atoms with van der Waals surface area (Å²) in [5.41, 5.74) is 1.89. The Bertz CT molecular complexity index is 610. The second kappa shape index (κ2) is 5.71. The highest BCUT2D eigenvalue weighted by atomic mass is 16.5. The zero-order valence-electron chi connectivity index (χ0n) is 12.8. The summed E-state index contributed by atoms with van der Waals surface area (Å²) in [7, 11) is 1.72. The Morgan fingerprint density at radius 3 is 3.10 bits per heavy atom. The number of hydrogen-bond donors (Lipinski definition) is 0. The van der Waals surface area contributed by atoms with Crippen LogP contribution in [-0.4, -0.2) is 57.8 Å². The summed E-state index contributed by atoms with van der Waals surface area (Å²) in [6.45, 7) is 7.48. The maximum atomic E-state index is 6.05. The fourth-order valence-electron chi connectivity index (χ4n) is 3.05. The summed E-state index contributed by atoms with van der Waals surface area (Å²) in [6.07, 6.45) is 7.55. The fourth-order valence-corrected chi connectivity index (χ4v) is 3.05. The molecule has 6 nitrogen and oxygen atoms in total. The smallest absolute Gasteiger partial charge is 0.155 e. The standard InChI is InChI=1S/C15H22N4O2/c1-15(2)11-18(9-13(21-15)10-20-3)8-12-6-17-14-7-16-4-5-19(12)14/h4-7,13H,8-11H2,1-3H3/t13-/m1/s1. The largest absolute Gasteiger partial charge is 0.382 e. The molecule has 0 radical (unpaired) electrons. The van der Waals surface area contributed by atoms with Gasteiger partial charge in [0.1, 0.15) is 0 Å². The molecular weight excluding hydrogens is 268 g/mol. The predicted molar refractivity (Wildman–Crippen MR) is 79.1 cm³/mol. The molecule has 1 fully saturated rings. The zero-order valence-corrected chi connectivity index (χ0v) is 12.8. The van der Waals surface area contributed by atoms with Crippen LogP contribution in [0.2, 0.25) is 0 Å². The average molecular weight is 290 g/mol. The van der Waals surface area contributed by atoms with Crippen LogP contribution in [-0.2, 0) is 16.0 Å². The molecule has 0 N–H and O–H groups in total. The van der Waals surface area contributed by atoms with Crippen LogP contribution in [0.4, 0.5) is 0 Å². The first-order valence-corrected chi connectivity index (χ1v) is 7.22. The number of aromatic nitrogens is 3. The Hall–Kier alpha value is -1.50. The van der Waals surface area contributed by atoms with Crippen LogP contribution >= 0.6 is 0 Å². The van der Waals surface area contributed by atoms with Gasteiger partial charge in [0.2, 0.25) is 0 Å². The minimum absolute atomic E-state index is 0.111. The van der Waals surface area contributed by atoms with Gasteiger partial charge >= 0.3 is 0 Å². The van der Waals surface area contributed by atoms with Crippen molar-refractivity contribution < 1.29 is 9.47 Å².